The van der Waals surface area contributed by atoms with Crippen LogP contribution >= 0.6 is 11.6 Å². The van der Waals surface area contributed by atoms with Crippen molar-refractivity contribution in [3.8, 4) is 0 Å². The van der Waals surface area contributed by atoms with Gasteiger partial charge >= 0.3 is 5.97 Å². The summed E-state index contributed by atoms with van der Waals surface area (Å²) >= 11 is 6.11. The van der Waals surface area contributed by atoms with E-state index in [1.807, 2.05) is 12.1 Å². The van der Waals surface area contributed by atoms with E-state index in [1.165, 1.54) is 0 Å². The zero-order valence-corrected chi connectivity index (χ0v) is 11.3. The standard InChI is InChI=1S/C14H15ClN2O2/c1-7-5-8(9(6-7)14(18)19)13-16-11-4-2-3-10(15)12(11)17-13/h2-4,7-9H,5-6H2,1H3,(H,16,17)(H,18,19). The van der Waals surface area contributed by atoms with E-state index in [0.29, 0.717) is 17.4 Å². The van der Waals surface area contributed by atoms with Crippen molar-refractivity contribution < 1.29 is 9.90 Å². The number of para-hydroxylation sites is 1. The van der Waals surface area contributed by atoms with Gasteiger partial charge in [-0.25, -0.2) is 4.98 Å². The summed E-state index contributed by atoms with van der Waals surface area (Å²) in [7, 11) is 0. The number of halogens is 1. The second kappa shape index (κ2) is 4.53. The molecule has 1 aliphatic rings. The number of H-pyrrole nitrogens is 1. The first kappa shape index (κ1) is 12.5. The van der Waals surface area contributed by atoms with Crippen molar-refractivity contribution in [3.63, 3.8) is 0 Å². The fraction of sp³-hybridized carbons (Fsp3) is 0.429. The van der Waals surface area contributed by atoms with Crippen LogP contribution in [0.5, 0.6) is 0 Å². The Morgan fingerprint density at radius 2 is 2.26 bits per heavy atom. The number of carbonyl (C=O) groups is 1. The van der Waals surface area contributed by atoms with E-state index < -0.39 is 5.97 Å². The number of carboxylic acids is 1. The second-order valence-electron chi connectivity index (χ2n) is 5.39. The number of aliphatic carboxylic acids is 1. The number of imidazole rings is 1. The molecule has 1 aromatic heterocycles. The minimum Gasteiger partial charge on any atom is -0.481 e. The molecule has 0 aliphatic heterocycles. The van der Waals surface area contributed by atoms with Crippen LogP contribution in [0.15, 0.2) is 18.2 Å². The number of aromatic amines is 1. The van der Waals surface area contributed by atoms with Crippen LogP contribution in [-0.2, 0) is 4.79 Å². The molecule has 1 aromatic carbocycles. The van der Waals surface area contributed by atoms with Crippen LogP contribution in [0.4, 0.5) is 0 Å². The van der Waals surface area contributed by atoms with Crippen molar-refractivity contribution in [3.05, 3.63) is 29.0 Å². The minimum absolute atomic E-state index is 0.0454. The molecule has 1 fully saturated rings. The average Bonchev–Trinajstić information content (AvgIpc) is 2.93. The molecule has 3 rings (SSSR count). The van der Waals surface area contributed by atoms with E-state index in [-0.39, 0.29) is 11.8 Å². The molecular weight excluding hydrogens is 264 g/mol. The summed E-state index contributed by atoms with van der Waals surface area (Å²) in [5.41, 5.74) is 1.59. The third kappa shape index (κ3) is 2.10. The summed E-state index contributed by atoms with van der Waals surface area (Å²) in [6, 6.07) is 5.56. The molecule has 1 saturated carbocycles. The SMILES string of the molecule is CC1CC(C(=O)O)C(c2nc3c(Cl)cccc3[nH]2)C1. The van der Waals surface area contributed by atoms with Crippen molar-refractivity contribution in [1.29, 1.82) is 0 Å². The smallest absolute Gasteiger partial charge is 0.307 e. The monoisotopic (exact) mass is 278 g/mol. The number of aromatic nitrogens is 2. The number of benzene rings is 1. The van der Waals surface area contributed by atoms with E-state index >= 15 is 0 Å². The van der Waals surface area contributed by atoms with Gasteiger partial charge in [-0.05, 0) is 30.9 Å². The van der Waals surface area contributed by atoms with Crippen molar-refractivity contribution in [2.24, 2.45) is 11.8 Å². The number of rotatable bonds is 2. The van der Waals surface area contributed by atoms with E-state index in [1.54, 1.807) is 6.07 Å². The molecule has 2 aromatic rings. The lowest BCUT2D eigenvalue weighted by molar-refractivity contribution is -0.142. The first-order valence-electron chi connectivity index (χ1n) is 6.43. The van der Waals surface area contributed by atoms with Crippen molar-refractivity contribution >= 4 is 28.6 Å². The highest BCUT2D eigenvalue weighted by atomic mass is 35.5. The molecule has 0 amide bonds. The predicted molar refractivity (Wildman–Crippen MR) is 73.4 cm³/mol. The van der Waals surface area contributed by atoms with Gasteiger partial charge in [-0.3, -0.25) is 4.79 Å². The first-order chi connectivity index (χ1) is 9.06. The molecule has 100 valence electrons. The summed E-state index contributed by atoms with van der Waals surface area (Å²) in [6.45, 7) is 2.09. The fourth-order valence-electron chi connectivity index (χ4n) is 3.06. The van der Waals surface area contributed by atoms with Gasteiger partial charge in [-0.1, -0.05) is 24.6 Å². The normalized spacial score (nSPS) is 26.9. The molecule has 0 spiro atoms. The van der Waals surface area contributed by atoms with Gasteiger partial charge in [0.15, 0.2) is 0 Å². The van der Waals surface area contributed by atoms with Gasteiger partial charge in [0, 0.05) is 5.92 Å². The van der Waals surface area contributed by atoms with Crippen molar-refractivity contribution in [2.75, 3.05) is 0 Å². The maximum Gasteiger partial charge on any atom is 0.307 e. The zero-order chi connectivity index (χ0) is 13.6. The number of hydrogen-bond donors (Lipinski definition) is 2. The molecule has 0 saturated heterocycles. The Morgan fingerprint density at radius 1 is 1.47 bits per heavy atom. The van der Waals surface area contributed by atoms with Gasteiger partial charge in [0.05, 0.1) is 16.5 Å². The van der Waals surface area contributed by atoms with E-state index in [4.69, 9.17) is 11.6 Å². The van der Waals surface area contributed by atoms with Crippen LogP contribution in [-0.4, -0.2) is 21.0 Å². The summed E-state index contributed by atoms with van der Waals surface area (Å²) in [5.74, 6) is 0.0286. The van der Waals surface area contributed by atoms with E-state index in [9.17, 15) is 9.90 Å². The first-order valence-corrected chi connectivity index (χ1v) is 6.81. The third-order valence-corrected chi connectivity index (χ3v) is 4.25. The lowest BCUT2D eigenvalue weighted by atomic mass is 9.96. The summed E-state index contributed by atoms with van der Waals surface area (Å²) in [5, 5.41) is 9.92. The fourth-order valence-corrected chi connectivity index (χ4v) is 3.28. The highest BCUT2D eigenvalue weighted by molar-refractivity contribution is 6.34. The summed E-state index contributed by atoms with van der Waals surface area (Å²) in [6.07, 6.45) is 1.57. The molecular formula is C14H15ClN2O2. The zero-order valence-electron chi connectivity index (χ0n) is 10.6. The van der Waals surface area contributed by atoms with Gasteiger partial charge in [-0.2, -0.15) is 0 Å². The number of hydrogen-bond acceptors (Lipinski definition) is 2. The van der Waals surface area contributed by atoms with Crippen LogP contribution in [0.25, 0.3) is 11.0 Å². The largest absolute Gasteiger partial charge is 0.481 e. The Kier molecular flexibility index (Phi) is 2.97. The topological polar surface area (TPSA) is 66.0 Å². The number of fused-ring (bicyclic) bond motifs is 1. The van der Waals surface area contributed by atoms with Crippen LogP contribution in [0.3, 0.4) is 0 Å². The van der Waals surface area contributed by atoms with Crippen LogP contribution in [0.1, 0.15) is 31.5 Å². The van der Waals surface area contributed by atoms with E-state index in [2.05, 4.69) is 16.9 Å². The molecule has 19 heavy (non-hydrogen) atoms. The lowest BCUT2D eigenvalue weighted by Crippen LogP contribution is -2.17. The van der Waals surface area contributed by atoms with Crippen molar-refractivity contribution in [2.45, 2.75) is 25.7 Å². The molecule has 4 nitrogen and oxygen atoms in total. The summed E-state index contributed by atoms with van der Waals surface area (Å²) < 4.78 is 0. The molecule has 3 atom stereocenters. The molecule has 5 heteroatoms. The number of carboxylic acid groups (broad SMARTS) is 1. The lowest BCUT2D eigenvalue weighted by Gasteiger charge is -2.12. The second-order valence-corrected chi connectivity index (χ2v) is 5.79. The molecule has 1 heterocycles. The molecule has 3 unspecified atom stereocenters. The van der Waals surface area contributed by atoms with Crippen LogP contribution in [0.2, 0.25) is 5.02 Å². The molecule has 2 N–H and O–H groups in total. The van der Waals surface area contributed by atoms with Gasteiger partial charge in [0.1, 0.15) is 11.3 Å². The summed E-state index contributed by atoms with van der Waals surface area (Å²) in [4.78, 5) is 19.1. The molecule has 1 aliphatic carbocycles. The van der Waals surface area contributed by atoms with E-state index in [0.717, 1.165) is 23.3 Å². The maximum absolute atomic E-state index is 11.3. The van der Waals surface area contributed by atoms with Crippen LogP contribution in [0, 0.1) is 11.8 Å². The Balaban J connectivity index is 2.04. The van der Waals surface area contributed by atoms with Gasteiger partial charge in [0.2, 0.25) is 0 Å². The Bertz CT molecular complexity index is 637. The Labute approximate surface area is 115 Å². The van der Waals surface area contributed by atoms with Crippen LogP contribution < -0.4 is 0 Å². The number of nitrogens with one attached hydrogen (secondary N) is 1. The minimum atomic E-state index is -0.735. The van der Waals surface area contributed by atoms with Gasteiger partial charge in [0.25, 0.3) is 0 Å². The highest BCUT2D eigenvalue weighted by Gasteiger charge is 2.39. The Morgan fingerprint density at radius 3 is 2.95 bits per heavy atom. The molecule has 0 bridgehead atoms. The van der Waals surface area contributed by atoms with Crippen molar-refractivity contribution in [1.82, 2.24) is 9.97 Å². The third-order valence-electron chi connectivity index (χ3n) is 3.95. The van der Waals surface area contributed by atoms with Gasteiger partial charge in [-0.15, -0.1) is 0 Å². The predicted octanol–water partition coefficient (Wildman–Crippen LogP) is 3.43. The molecule has 0 radical (unpaired) electrons. The highest BCUT2D eigenvalue weighted by Crippen LogP contribution is 2.42. The quantitative estimate of drug-likeness (QED) is 0.884. The maximum atomic E-state index is 11.3. The average molecular weight is 279 g/mol. The number of nitrogens with zero attached hydrogens (tertiary/aromatic N) is 1. The Hall–Kier alpha value is -1.55. The van der Waals surface area contributed by atoms with Gasteiger partial charge < -0.3 is 10.1 Å².